The van der Waals surface area contributed by atoms with Crippen LogP contribution in [0.25, 0.3) is 0 Å². The van der Waals surface area contributed by atoms with Crippen molar-refractivity contribution < 1.29 is 0 Å². The van der Waals surface area contributed by atoms with E-state index in [1.807, 2.05) is 0 Å². The second kappa shape index (κ2) is 9.94. The number of rotatable bonds is 9. The van der Waals surface area contributed by atoms with Crippen LogP contribution in [-0.2, 0) is 0 Å². The largest absolute Gasteiger partial charge is 0.0879 e. The molecule has 1 unspecified atom stereocenters. The van der Waals surface area contributed by atoms with Crippen molar-refractivity contribution in [2.24, 2.45) is 0 Å². The molecule has 0 heterocycles. The van der Waals surface area contributed by atoms with E-state index in [2.05, 4.69) is 56.3 Å². The van der Waals surface area contributed by atoms with Gasteiger partial charge in [-0.3, -0.25) is 0 Å². The van der Waals surface area contributed by atoms with Crippen molar-refractivity contribution >= 4 is 0 Å². The van der Waals surface area contributed by atoms with Crippen LogP contribution in [0.3, 0.4) is 0 Å². The highest BCUT2D eigenvalue weighted by Crippen LogP contribution is 2.16. The minimum absolute atomic E-state index is 0.547. The predicted octanol–water partition coefficient (Wildman–Crippen LogP) is 6.10. The molecule has 0 N–H and O–H groups in total. The highest BCUT2D eigenvalue weighted by Gasteiger charge is 1.98. The third-order valence-corrected chi connectivity index (χ3v) is 3.47. The highest BCUT2D eigenvalue weighted by molar-refractivity contribution is 5.22. The van der Waals surface area contributed by atoms with Crippen LogP contribution in [0.15, 0.2) is 42.5 Å². The van der Waals surface area contributed by atoms with Crippen molar-refractivity contribution in [3.8, 4) is 0 Å². The summed E-state index contributed by atoms with van der Waals surface area (Å²) in [6.07, 6.45) is 14.3. The zero-order valence-corrected chi connectivity index (χ0v) is 12.1. The fraction of sp³-hybridized carbons (Fsp3) is 0.556. The van der Waals surface area contributed by atoms with E-state index in [1.165, 1.54) is 50.5 Å². The summed E-state index contributed by atoms with van der Waals surface area (Å²) >= 11 is 0. The molecule has 0 amide bonds. The molecule has 0 nitrogen and oxygen atoms in total. The van der Waals surface area contributed by atoms with Crippen LogP contribution in [0, 0.1) is 0 Å². The van der Waals surface area contributed by atoms with E-state index in [9.17, 15) is 0 Å². The summed E-state index contributed by atoms with van der Waals surface area (Å²) in [6, 6.07) is 10.7. The Labute approximate surface area is 113 Å². The van der Waals surface area contributed by atoms with Gasteiger partial charge in [0.1, 0.15) is 0 Å². The Hall–Kier alpha value is -1.04. The van der Waals surface area contributed by atoms with Gasteiger partial charge < -0.3 is 0 Å². The van der Waals surface area contributed by atoms with E-state index >= 15 is 0 Å². The van der Waals surface area contributed by atoms with Crippen molar-refractivity contribution in [1.82, 2.24) is 0 Å². The Bertz CT molecular complexity index is 310. The van der Waals surface area contributed by atoms with Crippen LogP contribution in [0.1, 0.15) is 70.3 Å². The Morgan fingerprint density at radius 2 is 1.61 bits per heavy atom. The number of benzene rings is 1. The predicted molar refractivity (Wildman–Crippen MR) is 82.0 cm³/mol. The molecule has 0 radical (unpaired) electrons. The first kappa shape index (κ1) is 15.0. The fourth-order valence-electron chi connectivity index (χ4n) is 2.21. The van der Waals surface area contributed by atoms with Crippen LogP contribution < -0.4 is 0 Å². The fourth-order valence-corrected chi connectivity index (χ4v) is 2.21. The summed E-state index contributed by atoms with van der Waals surface area (Å²) in [5, 5.41) is 0. The molecule has 0 saturated heterocycles. The summed E-state index contributed by atoms with van der Waals surface area (Å²) in [7, 11) is 0. The molecular formula is C18H28. The van der Waals surface area contributed by atoms with E-state index in [4.69, 9.17) is 0 Å². The number of hydrogen-bond acceptors (Lipinski definition) is 0. The molecule has 18 heavy (non-hydrogen) atoms. The smallest absolute Gasteiger partial charge is 0.00104 e. The molecule has 0 heteroatoms. The van der Waals surface area contributed by atoms with Gasteiger partial charge in [-0.2, -0.15) is 0 Å². The molecule has 1 atom stereocenters. The minimum atomic E-state index is 0.547. The van der Waals surface area contributed by atoms with Crippen LogP contribution in [0.2, 0.25) is 0 Å². The Morgan fingerprint density at radius 1 is 0.944 bits per heavy atom. The lowest BCUT2D eigenvalue weighted by molar-refractivity contribution is 0.611. The van der Waals surface area contributed by atoms with Crippen LogP contribution in [-0.4, -0.2) is 0 Å². The topological polar surface area (TPSA) is 0 Å². The maximum absolute atomic E-state index is 2.36. The van der Waals surface area contributed by atoms with Gasteiger partial charge in [0.2, 0.25) is 0 Å². The van der Waals surface area contributed by atoms with Gasteiger partial charge in [-0.15, -0.1) is 0 Å². The molecule has 1 aromatic rings. The molecule has 0 fully saturated rings. The summed E-state index contributed by atoms with van der Waals surface area (Å²) in [5.41, 5.74) is 1.41. The molecular weight excluding hydrogens is 216 g/mol. The molecule has 1 aromatic carbocycles. The maximum Gasteiger partial charge on any atom is -0.00104 e. The average Bonchev–Trinajstić information content (AvgIpc) is 2.42. The molecule has 0 bridgehead atoms. The molecule has 0 spiro atoms. The van der Waals surface area contributed by atoms with Gasteiger partial charge in [0, 0.05) is 0 Å². The molecule has 0 aliphatic rings. The quantitative estimate of drug-likeness (QED) is 0.364. The van der Waals surface area contributed by atoms with E-state index in [0.717, 1.165) is 0 Å². The molecule has 0 saturated carbocycles. The lowest BCUT2D eigenvalue weighted by Crippen LogP contribution is -1.87. The van der Waals surface area contributed by atoms with E-state index in [1.54, 1.807) is 0 Å². The summed E-state index contributed by atoms with van der Waals surface area (Å²) < 4.78 is 0. The van der Waals surface area contributed by atoms with E-state index in [0.29, 0.717) is 5.92 Å². The molecule has 1 rings (SSSR count). The van der Waals surface area contributed by atoms with Gasteiger partial charge in [0.05, 0.1) is 0 Å². The Morgan fingerprint density at radius 3 is 2.33 bits per heavy atom. The monoisotopic (exact) mass is 244 g/mol. The zero-order chi connectivity index (χ0) is 13.1. The molecule has 100 valence electrons. The van der Waals surface area contributed by atoms with Crippen molar-refractivity contribution in [3.63, 3.8) is 0 Å². The lowest BCUT2D eigenvalue weighted by atomic mass is 10.00. The van der Waals surface area contributed by atoms with Gasteiger partial charge in [0.25, 0.3) is 0 Å². The van der Waals surface area contributed by atoms with Gasteiger partial charge in [-0.1, -0.05) is 88.4 Å². The van der Waals surface area contributed by atoms with Crippen LogP contribution in [0.4, 0.5) is 0 Å². The molecule has 0 aliphatic carbocycles. The lowest BCUT2D eigenvalue weighted by Gasteiger charge is -2.05. The summed E-state index contributed by atoms with van der Waals surface area (Å²) in [5.74, 6) is 0.547. The van der Waals surface area contributed by atoms with Gasteiger partial charge in [0.15, 0.2) is 0 Å². The van der Waals surface area contributed by atoms with E-state index < -0.39 is 0 Å². The number of allylic oxidation sites excluding steroid dienone is 2. The van der Waals surface area contributed by atoms with Gasteiger partial charge >= 0.3 is 0 Å². The zero-order valence-electron chi connectivity index (χ0n) is 12.1. The number of hydrogen-bond donors (Lipinski definition) is 0. The second-order valence-electron chi connectivity index (χ2n) is 5.18. The summed E-state index contributed by atoms with van der Waals surface area (Å²) in [6.45, 7) is 4.54. The maximum atomic E-state index is 2.36. The van der Waals surface area contributed by atoms with E-state index in [-0.39, 0.29) is 0 Å². The summed E-state index contributed by atoms with van der Waals surface area (Å²) in [4.78, 5) is 0. The van der Waals surface area contributed by atoms with Gasteiger partial charge in [-0.25, -0.2) is 0 Å². The third kappa shape index (κ3) is 6.64. The molecule has 0 aromatic heterocycles. The normalized spacial score (nSPS) is 13.0. The van der Waals surface area contributed by atoms with Crippen molar-refractivity contribution in [3.05, 3.63) is 48.0 Å². The highest BCUT2D eigenvalue weighted by atomic mass is 14.0. The SMILES string of the molecule is CCCCCCCC/C=C/C(C)c1ccccc1. The standard InChI is InChI=1S/C18H28/c1-3-4-5-6-7-8-9-11-14-17(2)18-15-12-10-13-16-18/h10-17H,3-9H2,1-2H3/b14-11+. The molecule has 0 aliphatic heterocycles. The second-order valence-corrected chi connectivity index (χ2v) is 5.18. The first-order valence-electron chi connectivity index (χ1n) is 7.56. The van der Waals surface area contributed by atoms with Crippen LogP contribution in [0.5, 0.6) is 0 Å². The van der Waals surface area contributed by atoms with Crippen molar-refractivity contribution in [1.29, 1.82) is 0 Å². The minimum Gasteiger partial charge on any atom is -0.0879 e. The van der Waals surface area contributed by atoms with Crippen LogP contribution >= 0.6 is 0 Å². The Balaban J connectivity index is 2.10. The number of unbranched alkanes of at least 4 members (excludes halogenated alkanes) is 6. The Kier molecular flexibility index (Phi) is 8.29. The third-order valence-electron chi connectivity index (χ3n) is 3.47. The van der Waals surface area contributed by atoms with Crippen molar-refractivity contribution in [2.45, 2.75) is 64.7 Å². The first-order chi connectivity index (χ1) is 8.84. The first-order valence-corrected chi connectivity index (χ1v) is 7.56. The average molecular weight is 244 g/mol. The van der Waals surface area contributed by atoms with Crippen molar-refractivity contribution in [2.75, 3.05) is 0 Å². The van der Waals surface area contributed by atoms with Gasteiger partial charge in [-0.05, 0) is 24.3 Å².